The van der Waals surface area contributed by atoms with Crippen molar-refractivity contribution < 1.29 is 19.8 Å². The Balaban J connectivity index is 2.36. The van der Waals surface area contributed by atoms with Crippen molar-refractivity contribution in [1.29, 1.82) is 5.41 Å². The number of nitrogens with zero attached hydrogens (tertiary/aromatic N) is 1. The minimum absolute atomic E-state index is 0.00694. The fourth-order valence-corrected chi connectivity index (χ4v) is 2.62. The molecule has 0 atom stereocenters. The van der Waals surface area contributed by atoms with Gasteiger partial charge in [-0.25, -0.2) is 4.79 Å². The summed E-state index contributed by atoms with van der Waals surface area (Å²) in [6, 6.07) is 7.92. The molecule has 0 bridgehead atoms. The molecule has 1 aromatic heterocycles. The van der Waals surface area contributed by atoms with Crippen LogP contribution >= 0.6 is 11.3 Å². The van der Waals surface area contributed by atoms with Crippen LogP contribution in [-0.4, -0.2) is 33.9 Å². The third kappa shape index (κ3) is 3.61. The standard InChI is InChI=1S/C15H13N3O4S/c1-8(16)11(7-19)18-17-10-4-2-3-9(14(10)20)12-5-6-13(23-12)15(21)22/h2-7,16-17,20H,1H3,(H,21,22)/b16-8?,18-11+. The van der Waals surface area contributed by atoms with Gasteiger partial charge in [-0.2, -0.15) is 5.10 Å². The number of carboxylic acids is 1. The fourth-order valence-electron chi connectivity index (χ4n) is 1.75. The molecule has 0 aliphatic rings. The highest BCUT2D eigenvalue weighted by Crippen LogP contribution is 2.38. The summed E-state index contributed by atoms with van der Waals surface area (Å²) in [7, 11) is 0. The molecule has 0 spiro atoms. The third-order valence-electron chi connectivity index (χ3n) is 2.91. The second-order valence-corrected chi connectivity index (χ2v) is 5.61. The predicted octanol–water partition coefficient (Wildman–Crippen LogP) is 2.83. The molecule has 0 unspecified atom stereocenters. The SMILES string of the molecule is CC(=N)/C(C=O)=N/Nc1cccc(-c2ccc(C(=O)O)s2)c1O. The molecule has 0 aliphatic heterocycles. The molecule has 0 fully saturated rings. The maximum Gasteiger partial charge on any atom is 0.345 e. The highest BCUT2D eigenvalue weighted by atomic mass is 32.1. The van der Waals surface area contributed by atoms with Crippen LogP contribution < -0.4 is 5.43 Å². The Kier molecular flexibility index (Phi) is 4.87. The summed E-state index contributed by atoms with van der Waals surface area (Å²) in [4.78, 5) is 22.5. The molecule has 4 N–H and O–H groups in total. The molecule has 23 heavy (non-hydrogen) atoms. The van der Waals surface area contributed by atoms with Crippen molar-refractivity contribution >= 4 is 40.7 Å². The van der Waals surface area contributed by atoms with Gasteiger partial charge >= 0.3 is 5.97 Å². The van der Waals surface area contributed by atoms with E-state index >= 15 is 0 Å². The lowest BCUT2D eigenvalue weighted by molar-refractivity contribution is -0.102. The number of hydrazone groups is 1. The van der Waals surface area contributed by atoms with Gasteiger partial charge in [0.1, 0.15) is 16.3 Å². The number of thiophene rings is 1. The predicted molar refractivity (Wildman–Crippen MR) is 88.9 cm³/mol. The van der Waals surface area contributed by atoms with Crippen molar-refractivity contribution in [3.05, 3.63) is 35.2 Å². The van der Waals surface area contributed by atoms with Gasteiger partial charge < -0.3 is 15.6 Å². The number of anilines is 1. The first-order valence-electron chi connectivity index (χ1n) is 6.44. The van der Waals surface area contributed by atoms with E-state index in [4.69, 9.17) is 10.5 Å². The Morgan fingerprint density at radius 2 is 2.09 bits per heavy atom. The highest BCUT2D eigenvalue weighted by molar-refractivity contribution is 7.17. The van der Waals surface area contributed by atoms with Gasteiger partial charge in [-0.1, -0.05) is 6.07 Å². The number of aromatic hydroxyl groups is 1. The average Bonchev–Trinajstić information content (AvgIpc) is 2.99. The molecule has 7 nitrogen and oxygen atoms in total. The first-order valence-corrected chi connectivity index (χ1v) is 7.25. The van der Waals surface area contributed by atoms with Crippen molar-refractivity contribution in [3.63, 3.8) is 0 Å². The minimum Gasteiger partial charge on any atom is -0.505 e. The number of nitrogens with one attached hydrogen (secondary N) is 2. The van der Waals surface area contributed by atoms with Crippen molar-refractivity contribution in [3.8, 4) is 16.2 Å². The first-order chi connectivity index (χ1) is 10.9. The number of para-hydroxylation sites is 1. The molecular weight excluding hydrogens is 318 g/mol. The second-order valence-electron chi connectivity index (χ2n) is 4.52. The monoisotopic (exact) mass is 331 g/mol. The van der Waals surface area contributed by atoms with Crippen LogP contribution in [0, 0.1) is 5.41 Å². The summed E-state index contributed by atoms with van der Waals surface area (Å²) >= 11 is 1.04. The van der Waals surface area contributed by atoms with Crippen LogP contribution in [0.2, 0.25) is 0 Å². The van der Waals surface area contributed by atoms with Gasteiger partial charge in [-0.05, 0) is 31.2 Å². The van der Waals surface area contributed by atoms with E-state index in [1.54, 1.807) is 24.3 Å². The number of rotatable bonds is 6. The van der Waals surface area contributed by atoms with E-state index in [9.17, 15) is 14.7 Å². The van der Waals surface area contributed by atoms with Crippen LogP contribution in [0.4, 0.5) is 5.69 Å². The Morgan fingerprint density at radius 1 is 1.35 bits per heavy atom. The number of carbonyl (C=O) groups is 2. The zero-order chi connectivity index (χ0) is 17.0. The van der Waals surface area contributed by atoms with Gasteiger partial charge in [0.2, 0.25) is 0 Å². The molecule has 8 heteroatoms. The number of carbonyl (C=O) groups excluding carboxylic acids is 1. The van der Waals surface area contributed by atoms with Gasteiger partial charge in [0.25, 0.3) is 0 Å². The number of carboxylic acid groups (broad SMARTS) is 1. The van der Waals surface area contributed by atoms with Gasteiger partial charge in [-0.15, -0.1) is 11.3 Å². The molecular formula is C15H13N3O4S. The van der Waals surface area contributed by atoms with Gasteiger partial charge in [-0.3, -0.25) is 10.2 Å². The summed E-state index contributed by atoms with van der Waals surface area (Å²) in [5, 5.41) is 30.4. The van der Waals surface area contributed by atoms with Crippen LogP contribution in [0.5, 0.6) is 5.75 Å². The number of hydrogen-bond acceptors (Lipinski definition) is 7. The van der Waals surface area contributed by atoms with Crippen molar-refractivity contribution in [2.75, 3.05) is 5.43 Å². The summed E-state index contributed by atoms with van der Waals surface area (Å²) in [6.07, 6.45) is 0.439. The van der Waals surface area contributed by atoms with E-state index in [1.165, 1.54) is 13.0 Å². The molecule has 1 aromatic carbocycles. The zero-order valence-electron chi connectivity index (χ0n) is 12.0. The normalized spacial score (nSPS) is 11.1. The Bertz CT molecular complexity index is 811. The Labute approximate surface area is 135 Å². The zero-order valence-corrected chi connectivity index (χ0v) is 12.8. The number of aldehydes is 1. The largest absolute Gasteiger partial charge is 0.505 e. The average molecular weight is 331 g/mol. The molecule has 0 aliphatic carbocycles. The third-order valence-corrected chi connectivity index (χ3v) is 4.02. The lowest BCUT2D eigenvalue weighted by Crippen LogP contribution is -2.12. The summed E-state index contributed by atoms with van der Waals surface area (Å²) in [6.45, 7) is 1.42. The summed E-state index contributed by atoms with van der Waals surface area (Å²) in [5.74, 6) is -1.15. The molecule has 0 saturated heterocycles. The molecule has 0 amide bonds. The lowest BCUT2D eigenvalue weighted by Gasteiger charge is -2.08. The number of phenols is 1. The molecule has 2 aromatic rings. The second kappa shape index (κ2) is 6.84. The smallest absolute Gasteiger partial charge is 0.345 e. The summed E-state index contributed by atoms with van der Waals surface area (Å²) in [5.41, 5.74) is 3.14. The van der Waals surface area contributed by atoms with E-state index in [1.807, 2.05) is 0 Å². The van der Waals surface area contributed by atoms with E-state index in [0.29, 0.717) is 16.7 Å². The van der Waals surface area contributed by atoms with Gasteiger partial charge in [0, 0.05) is 10.4 Å². The molecule has 0 radical (unpaired) electrons. The first kappa shape index (κ1) is 16.4. The van der Waals surface area contributed by atoms with Crippen molar-refractivity contribution in [2.24, 2.45) is 5.10 Å². The van der Waals surface area contributed by atoms with E-state index in [0.717, 1.165) is 11.3 Å². The molecule has 118 valence electrons. The number of phenolic OH excluding ortho intramolecular Hbond substituents is 1. The van der Waals surface area contributed by atoms with Crippen molar-refractivity contribution in [1.82, 2.24) is 0 Å². The highest BCUT2D eigenvalue weighted by Gasteiger charge is 2.13. The van der Waals surface area contributed by atoms with Crippen LogP contribution in [0.3, 0.4) is 0 Å². The number of hydrogen-bond donors (Lipinski definition) is 4. The Hall–Kier alpha value is -3.00. The van der Waals surface area contributed by atoms with Crippen molar-refractivity contribution in [2.45, 2.75) is 6.92 Å². The molecule has 2 rings (SSSR count). The van der Waals surface area contributed by atoms with Crippen LogP contribution in [-0.2, 0) is 4.79 Å². The molecule has 0 saturated carbocycles. The summed E-state index contributed by atoms with van der Waals surface area (Å²) < 4.78 is 0. The number of benzene rings is 1. The van der Waals surface area contributed by atoms with E-state index in [-0.39, 0.29) is 27.7 Å². The molecule has 1 heterocycles. The maximum absolute atomic E-state index is 10.9. The van der Waals surface area contributed by atoms with E-state index in [2.05, 4.69) is 10.5 Å². The topological polar surface area (TPSA) is 123 Å². The fraction of sp³-hybridized carbons (Fsp3) is 0.0667. The van der Waals surface area contributed by atoms with Crippen LogP contribution in [0.15, 0.2) is 35.4 Å². The minimum atomic E-state index is -1.03. The quantitative estimate of drug-likeness (QED) is 0.280. The number of aromatic carboxylic acids is 1. The van der Waals surface area contributed by atoms with Gasteiger partial charge in [0.15, 0.2) is 6.29 Å². The Morgan fingerprint density at radius 3 is 2.65 bits per heavy atom. The lowest BCUT2D eigenvalue weighted by atomic mass is 10.1. The maximum atomic E-state index is 10.9. The van der Waals surface area contributed by atoms with Gasteiger partial charge in [0.05, 0.1) is 11.4 Å². The van der Waals surface area contributed by atoms with E-state index < -0.39 is 5.97 Å². The van der Waals surface area contributed by atoms with Crippen LogP contribution in [0.1, 0.15) is 16.6 Å². The van der Waals surface area contributed by atoms with Crippen LogP contribution in [0.25, 0.3) is 10.4 Å².